The minimum atomic E-state index is -0.832. The van der Waals surface area contributed by atoms with Crippen LogP contribution in [0.1, 0.15) is 52.9 Å². The maximum absolute atomic E-state index is 12.4. The number of ether oxygens (including phenoxy) is 1. The lowest BCUT2D eigenvalue weighted by molar-refractivity contribution is -0.136. The molecule has 0 bridgehead atoms. The second kappa shape index (κ2) is 6.86. The van der Waals surface area contributed by atoms with E-state index in [0.29, 0.717) is 5.92 Å². The summed E-state index contributed by atoms with van der Waals surface area (Å²) in [7, 11) is 0. The highest BCUT2D eigenvalue weighted by molar-refractivity contribution is 5.69. The van der Waals surface area contributed by atoms with Crippen LogP contribution in [-0.4, -0.2) is 52.8 Å². The van der Waals surface area contributed by atoms with Gasteiger partial charge in [0.25, 0.3) is 0 Å². The van der Waals surface area contributed by atoms with Gasteiger partial charge >= 0.3 is 12.1 Å². The van der Waals surface area contributed by atoms with Gasteiger partial charge in [0, 0.05) is 18.6 Å². The van der Waals surface area contributed by atoms with Crippen LogP contribution in [0.2, 0.25) is 0 Å². The molecule has 0 radical (unpaired) electrons. The van der Waals surface area contributed by atoms with Crippen LogP contribution in [0.5, 0.6) is 0 Å². The summed E-state index contributed by atoms with van der Waals surface area (Å²) in [4.78, 5) is 25.0. The van der Waals surface area contributed by atoms with Crippen molar-refractivity contribution in [1.82, 2.24) is 10.2 Å². The van der Waals surface area contributed by atoms with Crippen molar-refractivity contribution in [2.24, 2.45) is 5.92 Å². The third kappa shape index (κ3) is 4.35. The lowest BCUT2D eigenvalue weighted by Gasteiger charge is -2.34. The molecule has 1 saturated carbocycles. The van der Waals surface area contributed by atoms with E-state index in [1.807, 2.05) is 25.7 Å². The van der Waals surface area contributed by atoms with E-state index in [2.05, 4.69) is 5.32 Å². The Morgan fingerprint density at radius 2 is 1.95 bits per heavy atom. The van der Waals surface area contributed by atoms with Gasteiger partial charge in [-0.25, -0.2) is 4.79 Å². The summed E-state index contributed by atoms with van der Waals surface area (Å²) < 4.78 is 5.52. The highest BCUT2D eigenvalue weighted by Gasteiger charge is 2.41. The van der Waals surface area contributed by atoms with E-state index >= 15 is 0 Å². The largest absolute Gasteiger partial charge is 0.480 e. The molecule has 0 spiro atoms. The number of nitrogens with one attached hydrogen (secondary N) is 1. The molecule has 3 atom stereocenters. The van der Waals surface area contributed by atoms with E-state index in [-0.39, 0.29) is 24.7 Å². The van der Waals surface area contributed by atoms with Crippen molar-refractivity contribution in [1.29, 1.82) is 0 Å². The first kappa shape index (κ1) is 17.1. The fourth-order valence-corrected chi connectivity index (χ4v) is 3.71. The molecule has 1 aliphatic heterocycles. The summed E-state index contributed by atoms with van der Waals surface area (Å²) in [5.74, 6) is -0.504. The van der Waals surface area contributed by atoms with Gasteiger partial charge in [-0.3, -0.25) is 4.79 Å². The predicted molar refractivity (Wildman–Crippen MR) is 82.7 cm³/mol. The molecule has 6 heteroatoms. The van der Waals surface area contributed by atoms with E-state index < -0.39 is 11.6 Å². The Morgan fingerprint density at radius 1 is 1.23 bits per heavy atom. The van der Waals surface area contributed by atoms with Gasteiger partial charge in [0.1, 0.15) is 5.60 Å². The fourth-order valence-electron chi connectivity index (χ4n) is 3.71. The number of carbonyl (C=O) groups excluding carboxylic acids is 1. The lowest BCUT2D eigenvalue weighted by atomic mass is 9.92. The minimum absolute atomic E-state index is 0.0136. The van der Waals surface area contributed by atoms with Crippen molar-refractivity contribution in [3.05, 3.63) is 0 Å². The first-order valence-corrected chi connectivity index (χ1v) is 8.23. The van der Waals surface area contributed by atoms with Gasteiger partial charge in [-0.05, 0) is 52.4 Å². The summed E-state index contributed by atoms with van der Waals surface area (Å²) in [5.41, 5.74) is -0.485. The molecule has 1 saturated heterocycles. The van der Waals surface area contributed by atoms with Crippen molar-refractivity contribution in [2.75, 3.05) is 13.1 Å². The second-order valence-corrected chi connectivity index (χ2v) is 7.36. The summed E-state index contributed by atoms with van der Waals surface area (Å²) in [5, 5.41) is 12.0. The second-order valence-electron chi connectivity index (χ2n) is 7.36. The molecule has 2 fully saturated rings. The van der Waals surface area contributed by atoms with Crippen LogP contribution in [0, 0.1) is 5.92 Å². The first-order chi connectivity index (χ1) is 10.3. The molecular formula is C16H28N2O4. The number of likely N-dealkylation sites (tertiary alicyclic amines) is 1. The summed E-state index contributed by atoms with van der Waals surface area (Å²) in [6, 6.07) is 0.354. The maximum atomic E-state index is 12.4. The third-order valence-corrected chi connectivity index (χ3v) is 4.51. The fraction of sp³-hybridized carbons (Fsp3) is 0.875. The topological polar surface area (TPSA) is 78.9 Å². The van der Waals surface area contributed by atoms with Gasteiger partial charge in [0.05, 0.1) is 6.54 Å². The van der Waals surface area contributed by atoms with Crippen LogP contribution >= 0.6 is 0 Å². The lowest BCUT2D eigenvalue weighted by Crippen LogP contribution is -2.48. The van der Waals surface area contributed by atoms with Crippen LogP contribution in [0.4, 0.5) is 4.79 Å². The summed E-state index contributed by atoms with van der Waals surface area (Å²) in [6.07, 6.45) is 4.85. The van der Waals surface area contributed by atoms with Gasteiger partial charge < -0.3 is 20.1 Å². The standard InChI is InChI=1S/C16H28N2O4/c1-16(2,3)22-15(21)18-9-5-8-13(18)11-6-4-7-12(11)17-10-14(19)20/h11-13,17H,4-10H2,1-3H3,(H,19,20). The van der Waals surface area contributed by atoms with Crippen molar-refractivity contribution in [3.8, 4) is 0 Å². The van der Waals surface area contributed by atoms with Crippen LogP contribution in [0.25, 0.3) is 0 Å². The molecule has 6 nitrogen and oxygen atoms in total. The zero-order valence-electron chi connectivity index (χ0n) is 13.8. The molecule has 0 aromatic rings. The van der Waals surface area contributed by atoms with Crippen LogP contribution in [0.15, 0.2) is 0 Å². The molecule has 3 unspecified atom stereocenters. The first-order valence-electron chi connectivity index (χ1n) is 8.23. The van der Waals surface area contributed by atoms with Gasteiger partial charge in [0.15, 0.2) is 0 Å². The molecule has 1 aliphatic carbocycles. The van der Waals surface area contributed by atoms with E-state index in [0.717, 1.165) is 38.6 Å². The highest BCUT2D eigenvalue weighted by atomic mass is 16.6. The van der Waals surface area contributed by atoms with Gasteiger partial charge in [-0.1, -0.05) is 6.42 Å². The van der Waals surface area contributed by atoms with Crippen molar-refractivity contribution >= 4 is 12.1 Å². The number of amides is 1. The molecule has 2 N–H and O–H groups in total. The average Bonchev–Trinajstić information content (AvgIpc) is 3.02. The van der Waals surface area contributed by atoms with Crippen molar-refractivity contribution in [3.63, 3.8) is 0 Å². The van der Waals surface area contributed by atoms with E-state index in [4.69, 9.17) is 9.84 Å². The molecule has 22 heavy (non-hydrogen) atoms. The van der Waals surface area contributed by atoms with Crippen molar-refractivity contribution < 1.29 is 19.4 Å². The van der Waals surface area contributed by atoms with Crippen LogP contribution in [-0.2, 0) is 9.53 Å². The smallest absolute Gasteiger partial charge is 0.410 e. The Kier molecular flexibility index (Phi) is 5.32. The molecule has 1 amide bonds. The number of rotatable bonds is 4. The van der Waals surface area contributed by atoms with Crippen molar-refractivity contribution in [2.45, 2.75) is 70.6 Å². The van der Waals surface area contributed by atoms with Gasteiger partial charge in [-0.2, -0.15) is 0 Å². The Hall–Kier alpha value is -1.30. The van der Waals surface area contributed by atoms with Crippen LogP contribution in [0.3, 0.4) is 0 Å². The normalized spacial score (nSPS) is 28.9. The number of carboxylic acid groups (broad SMARTS) is 1. The molecule has 0 aromatic carbocycles. The summed E-state index contributed by atoms with van der Waals surface area (Å²) >= 11 is 0. The van der Waals surface area contributed by atoms with Gasteiger partial charge in [-0.15, -0.1) is 0 Å². The Balaban J connectivity index is 1.99. The zero-order chi connectivity index (χ0) is 16.3. The monoisotopic (exact) mass is 312 g/mol. The Labute approximate surface area is 132 Å². The Morgan fingerprint density at radius 3 is 2.59 bits per heavy atom. The number of hydrogen-bond acceptors (Lipinski definition) is 4. The van der Waals surface area contributed by atoms with E-state index in [1.165, 1.54) is 0 Å². The number of carboxylic acids is 1. The SMILES string of the molecule is CC(C)(C)OC(=O)N1CCCC1C1CCCC1NCC(=O)O. The maximum Gasteiger partial charge on any atom is 0.410 e. The number of aliphatic carboxylic acids is 1. The van der Waals surface area contributed by atoms with E-state index in [1.54, 1.807) is 0 Å². The third-order valence-electron chi connectivity index (χ3n) is 4.51. The number of carbonyl (C=O) groups is 2. The Bertz CT molecular complexity index is 419. The van der Waals surface area contributed by atoms with Crippen LogP contribution < -0.4 is 5.32 Å². The molecule has 0 aromatic heterocycles. The molecule has 1 heterocycles. The number of hydrogen-bond donors (Lipinski definition) is 2. The molecule has 2 rings (SSSR count). The number of nitrogens with zero attached hydrogens (tertiary/aromatic N) is 1. The predicted octanol–water partition coefficient (Wildman–Crippen LogP) is 2.23. The average molecular weight is 312 g/mol. The molecule has 2 aliphatic rings. The zero-order valence-corrected chi connectivity index (χ0v) is 13.8. The van der Waals surface area contributed by atoms with E-state index in [9.17, 15) is 9.59 Å². The summed E-state index contributed by atoms with van der Waals surface area (Å²) in [6.45, 7) is 6.36. The molecular weight excluding hydrogens is 284 g/mol. The quantitative estimate of drug-likeness (QED) is 0.832. The highest BCUT2D eigenvalue weighted by Crippen LogP contribution is 2.36. The molecule has 126 valence electrons. The minimum Gasteiger partial charge on any atom is -0.480 e. The van der Waals surface area contributed by atoms with Gasteiger partial charge in [0.2, 0.25) is 0 Å².